The Morgan fingerprint density at radius 2 is 2.12 bits per heavy atom. The van der Waals surface area contributed by atoms with E-state index in [0.29, 0.717) is 11.6 Å². The van der Waals surface area contributed by atoms with Crippen LogP contribution in [0.15, 0.2) is 30.6 Å². The van der Waals surface area contributed by atoms with Crippen LogP contribution in [0.2, 0.25) is 0 Å². The second-order valence-electron chi connectivity index (χ2n) is 6.59. The summed E-state index contributed by atoms with van der Waals surface area (Å²) in [4.78, 5) is 20.5. The molecule has 7 heteroatoms. The number of H-pyrrole nitrogens is 1. The maximum atomic E-state index is 12.7. The van der Waals surface area contributed by atoms with Gasteiger partial charge in [0.15, 0.2) is 5.01 Å². The first-order valence-corrected chi connectivity index (χ1v) is 9.66. The van der Waals surface area contributed by atoms with Gasteiger partial charge in [-0.05, 0) is 30.5 Å². The van der Waals surface area contributed by atoms with E-state index in [9.17, 15) is 4.79 Å². The van der Waals surface area contributed by atoms with Crippen molar-refractivity contribution in [1.29, 1.82) is 0 Å². The van der Waals surface area contributed by atoms with Crippen LogP contribution in [0.25, 0.3) is 22.4 Å². The van der Waals surface area contributed by atoms with Gasteiger partial charge < -0.3 is 9.64 Å². The van der Waals surface area contributed by atoms with E-state index in [0.717, 1.165) is 65.4 Å². The number of thiazole rings is 1. The quantitative estimate of drug-likeness (QED) is 0.755. The lowest BCUT2D eigenvalue weighted by Gasteiger charge is -2.12. The summed E-state index contributed by atoms with van der Waals surface area (Å²) in [6, 6.07) is 6.10. The van der Waals surface area contributed by atoms with E-state index in [4.69, 9.17) is 9.72 Å². The van der Waals surface area contributed by atoms with E-state index in [1.165, 1.54) is 11.3 Å². The fraction of sp³-hybridized carbons (Fsp3) is 0.316. The molecule has 6 nitrogen and oxygen atoms in total. The molecule has 0 aliphatic carbocycles. The summed E-state index contributed by atoms with van der Waals surface area (Å²) in [6.45, 7) is 2.28. The minimum atomic E-state index is 0.0676. The van der Waals surface area contributed by atoms with Gasteiger partial charge in [-0.25, -0.2) is 4.98 Å². The standard InChI is InChI=1S/C19H18N4O2S/c24-19(23-6-1-2-7-23)18-22-17-14-4-3-12(13-10-20-21-11-13)9-15(14)25-8-5-16(17)26-18/h3-4,9-11H,1-2,5-8H2,(H,20,21). The van der Waals surface area contributed by atoms with Crippen LogP contribution in [-0.2, 0) is 6.42 Å². The molecular formula is C19H18N4O2S. The van der Waals surface area contributed by atoms with Crippen molar-refractivity contribution in [2.75, 3.05) is 19.7 Å². The Hall–Kier alpha value is -2.67. The molecule has 1 saturated heterocycles. The molecular weight excluding hydrogens is 348 g/mol. The number of fused-ring (bicyclic) bond motifs is 3. The molecule has 1 N–H and O–H groups in total. The van der Waals surface area contributed by atoms with E-state index in [1.54, 1.807) is 6.20 Å². The van der Waals surface area contributed by atoms with Crippen molar-refractivity contribution in [3.8, 4) is 28.1 Å². The highest BCUT2D eigenvalue weighted by Gasteiger charge is 2.27. The Bertz CT molecular complexity index is 958. The summed E-state index contributed by atoms with van der Waals surface area (Å²) >= 11 is 1.51. The molecule has 0 saturated carbocycles. The van der Waals surface area contributed by atoms with Gasteiger partial charge >= 0.3 is 0 Å². The van der Waals surface area contributed by atoms with Crippen LogP contribution in [0.1, 0.15) is 27.5 Å². The molecule has 1 amide bonds. The number of nitrogens with one attached hydrogen (secondary N) is 1. The van der Waals surface area contributed by atoms with Crippen LogP contribution in [-0.4, -0.2) is 45.7 Å². The van der Waals surface area contributed by atoms with Crippen LogP contribution < -0.4 is 4.74 Å². The third kappa shape index (κ3) is 2.59. The second-order valence-corrected chi connectivity index (χ2v) is 7.67. The zero-order valence-corrected chi connectivity index (χ0v) is 15.0. The van der Waals surface area contributed by atoms with Gasteiger partial charge in [0.25, 0.3) is 5.91 Å². The van der Waals surface area contributed by atoms with Crippen molar-refractivity contribution < 1.29 is 9.53 Å². The summed E-state index contributed by atoms with van der Waals surface area (Å²) in [5.41, 5.74) is 3.92. The van der Waals surface area contributed by atoms with Gasteiger partial charge in [-0.3, -0.25) is 9.89 Å². The average Bonchev–Trinajstić information content (AvgIpc) is 3.41. The van der Waals surface area contributed by atoms with Gasteiger partial charge in [0.05, 0.1) is 18.5 Å². The smallest absolute Gasteiger partial charge is 0.282 e. The normalized spacial score (nSPS) is 15.9. The fourth-order valence-corrected chi connectivity index (χ4v) is 4.58. The number of aromatic nitrogens is 3. The number of hydrogen-bond acceptors (Lipinski definition) is 5. The van der Waals surface area contributed by atoms with Crippen LogP contribution in [0.3, 0.4) is 0 Å². The summed E-state index contributed by atoms with van der Waals surface area (Å²) in [7, 11) is 0. The third-order valence-electron chi connectivity index (χ3n) is 4.93. The van der Waals surface area contributed by atoms with Gasteiger partial charge in [-0.2, -0.15) is 5.10 Å². The molecule has 2 aliphatic rings. The van der Waals surface area contributed by atoms with E-state index >= 15 is 0 Å². The zero-order valence-electron chi connectivity index (χ0n) is 14.2. The van der Waals surface area contributed by atoms with Gasteiger partial charge in [-0.15, -0.1) is 11.3 Å². The van der Waals surface area contributed by atoms with E-state index in [2.05, 4.69) is 10.2 Å². The highest BCUT2D eigenvalue weighted by Crippen LogP contribution is 2.39. The van der Waals surface area contributed by atoms with E-state index in [-0.39, 0.29) is 5.91 Å². The second kappa shape index (κ2) is 6.25. The first kappa shape index (κ1) is 15.6. The minimum Gasteiger partial charge on any atom is -0.492 e. The highest BCUT2D eigenvalue weighted by atomic mass is 32.1. The largest absolute Gasteiger partial charge is 0.492 e. The predicted octanol–water partition coefficient (Wildman–Crippen LogP) is 3.37. The van der Waals surface area contributed by atoms with Gasteiger partial charge in [0, 0.05) is 41.7 Å². The fourth-order valence-electron chi connectivity index (χ4n) is 3.56. The molecule has 0 radical (unpaired) electrons. The van der Waals surface area contributed by atoms with E-state index in [1.807, 2.05) is 29.3 Å². The maximum absolute atomic E-state index is 12.7. The number of carbonyl (C=O) groups is 1. The Balaban J connectivity index is 1.54. The number of carbonyl (C=O) groups excluding carboxylic acids is 1. The molecule has 4 heterocycles. The van der Waals surface area contributed by atoms with Crippen molar-refractivity contribution in [2.24, 2.45) is 0 Å². The monoisotopic (exact) mass is 366 g/mol. The zero-order chi connectivity index (χ0) is 17.5. The van der Waals surface area contributed by atoms with Crippen molar-refractivity contribution >= 4 is 17.2 Å². The number of likely N-dealkylation sites (tertiary alicyclic amines) is 1. The number of amides is 1. The average molecular weight is 366 g/mol. The van der Waals surface area contributed by atoms with Crippen molar-refractivity contribution in [1.82, 2.24) is 20.1 Å². The lowest BCUT2D eigenvalue weighted by molar-refractivity contribution is 0.0792. The SMILES string of the molecule is O=C(c1nc2c(s1)CCOc1cc(-c3cn[nH]c3)ccc1-2)N1CCCC1. The molecule has 0 spiro atoms. The third-order valence-corrected chi connectivity index (χ3v) is 6.03. The summed E-state index contributed by atoms with van der Waals surface area (Å²) in [5.74, 6) is 0.881. The van der Waals surface area contributed by atoms with Crippen molar-refractivity contribution in [3.05, 3.63) is 40.5 Å². The lowest BCUT2D eigenvalue weighted by atomic mass is 10.0. The van der Waals surface area contributed by atoms with Crippen LogP contribution in [0.4, 0.5) is 0 Å². The topological polar surface area (TPSA) is 71.1 Å². The first-order valence-electron chi connectivity index (χ1n) is 8.85. The molecule has 1 fully saturated rings. The number of benzene rings is 1. The summed E-state index contributed by atoms with van der Waals surface area (Å²) in [5, 5.41) is 7.44. The van der Waals surface area contributed by atoms with Crippen LogP contribution in [0.5, 0.6) is 5.75 Å². The highest BCUT2D eigenvalue weighted by molar-refractivity contribution is 7.14. The number of ether oxygens (including phenoxy) is 1. The first-order chi connectivity index (χ1) is 12.8. The Morgan fingerprint density at radius 3 is 2.92 bits per heavy atom. The minimum absolute atomic E-state index is 0.0676. The number of nitrogens with zero attached hydrogens (tertiary/aromatic N) is 3. The molecule has 0 atom stereocenters. The number of aromatic amines is 1. The Labute approximate surface area is 154 Å². The van der Waals surface area contributed by atoms with Crippen LogP contribution in [0, 0.1) is 0 Å². The molecule has 2 aliphatic heterocycles. The van der Waals surface area contributed by atoms with E-state index < -0.39 is 0 Å². The summed E-state index contributed by atoms with van der Waals surface area (Å²) in [6.07, 6.45) is 6.60. The molecule has 26 heavy (non-hydrogen) atoms. The molecule has 0 unspecified atom stereocenters. The molecule has 5 rings (SSSR count). The van der Waals surface area contributed by atoms with Crippen LogP contribution >= 0.6 is 11.3 Å². The van der Waals surface area contributed by atoms with Crippen molar-refractivity contribution in [2.45, 2.75) is 19.3 Å². The lowest BCUT2D eigenvalue weighted by Crippen LogP contribution is -2.27. The van der Waals surface area contributed by atoms with Gasteiger partial charge in [0.2, 0.25) is 0 Å². The van der Waals surface area contributed by atoms with Gasteiger partial charge in [0.1, 0.15) is 5.75 Å². The molecule has 132 valence electrons. The number of rotatable bonds is 2. The summed E-state index contributed by atoms with van der Waals surface area (Å²) < 4.78 is 5.97. The Morgan fingerprint density at radius 1 is 1.23 bits per heavy atom. The molecule has 1 aromatic carbocycles. The molecule has 0 bridgehead atoms. The van der Waals surface area contributed by atoms with Crippen molar-refractivity contribution in [3.63, 3.8) is 0 Å². The Kier molecular flexibility index (Phi) is 3.74. The van der Waals surface area contributed by atoms with Gasteiger partial charge in [-0.1, -0.05) is 6.07 Å². The predicted molar refractivity (Wildman–Crippen MR) is 99.5 cm³/mol. The maximum Gasteiger partial charge on any atom is 0.282 e. The molecule has 2 aromatic heterocycles. The molecule has 3 aromatic rings. The number of hydrogen-bond donors (Lipinski definition) is 1.